The van der Waals surface area contributed by atoms with Crippen LogP contribution < -0.4 is 10.1 Å². The Bertz CT molecular complexity index is 541. The van der Waals surface area contributed by atoms with Crippen LogP contribution in [-0.2, 0) is 6.54 Å². The molecule has 2 rings (SSSR count). The number of aliphatic hydroxyl groups excluding tert-OH is 1. The second kappa shape index (κ2) is 10.3. The maximum Gasteiger partial charge on any atom is 0.119 e. The van der Waals surface area contributed by atoms with Gasteiger partial charge in [0.1, 0.15) is 18.5 Å². The predicted molar refractivity (Wildman–Crippen MR) is 94.4 cm³/mol. The number of nitrogens with zero attached hydrogens (tertiary/aromatic N) is 2. The fraction of sp³-hybridized carbons (Fsp3) is 0.471. The molecule has 0 saturated heterocycles. The summed E-state index contributed by atoms with van der Waals surface area (Å²) >= 11 is 0. The molecule has 1 aromatic carbocycles. The van der Waals surface area contributed by atoms with Crippen LogP contribution >= 0.6 is 12.4 Å². The number of aromatic nitrogens is 2. The Morgan fingerprint density at radius 3 is 2.65 bits per heavy atom. The molecule has 0 saturated carbocycles. The Hall–Kier alpha value is -1.56. The number of aliphatic hydroxyl groups is 1. The monoisotopic (exact) mass is 339 g/mol. The number of ether oxygens (including phenoxy) is 1. The van der Waals surface area contributed by atoms with Crippen molar-refractivity contribution < 1.29 is 9.84 Å². The third kappa shape index (κ3) is 7.50. The zero-order valence-electron chi connectivity index (χ0n) is 13.7. The van der Waals surface area contributed by atoms with Crippen molar-refractivity contribution in [1.29, 1.82) is 0 Å². The zero-order chi connectivity index (χ0) is 15.8. The van der Waals surface area contributed by atoms with Gasteiger partial charge in [-0.2, -0.15) is 0 Å². The van der Waals surface area contributed by atoms with Gasteiger partial charge in [-0.25, -0.2) is 4.98 Å². The fourth-order valence-electron chi connectivity index (χ4n) is 2.34. The minimum absolute atomic E-state index is 0. The molecule has 1 atom stereocenters. The normalized spacial score (nSPS) is 11.8. The molecule has 0 aliphatic carbocycles. The van der Waals surface area contributed by atoms with Crippen molar-refractivity contribution in [1.82, 2.24) is 14.9 Å². The molecule has 0 aliphatic rings. The molecule has 128 valence electrons. The molecule has 0 aliphatic heterocycles. The highest BCUT2D eigenvalue weighted by Gasteiger charge is 2.05. The molecule has 23 heavy (non-hydrogen) atoms. The molecule has 0 amide bonds. The first kappa shape index (κ1) is 19.5. The molecule has 0 spiro atoms. The van der Waals surface area contributed by atoms with Crippen LogP contribution in [-0.4, -0.2) is 40.5 Å². The Morgan fingerprint density at radius 1 is 1.26 bits per heavy atom. The number of imidazole rings is 1. The SMILES string of the molecule is Cc1cc(C)cc(OCC(O)CNCCCn2ccnc2)c1.Cl. The van der Waals surface area contributed by atoms with Crippen molar-refractivity contribution >= 4 is 12.4 Å². The summed E-state index contributed by atoms with van der Waals surface area (Å²) < 4.78 is 7.69. The molecule has 0 radical (unpaired) electrons. The van der Waals surface area contributed by atoms with Crippen LogP contribution in [0.1, 0.15) is 17.5 Å². The van der Waals surface area contributed by atoms with Crippen LogP contribution in [0.5, 0.6) is 5.75 Å². The fourth-order valence-corrected chi connectivity index (χ4v) is 2.34. The third-order valence-electron chi connectivity index (χ3n) is 3.35. The van der Waals surface area contributed by atoms with Gasteiger partial charge in [-0.05, 0) is 50.1 Å². The first-order valence-corrected chi connectivity index (χ1v) is 7.69. The van der Waals surface area contributed by atoms with Crippen molar-refractivity contribution in [2.24, 2.45) is 0 Å². The van der Waals surface area contributed by atoms with E-state index in [4.69, 9.17) is 4.74 Å². The van der Waals surface area contributed by atoms with E-state index in [-0.39, 0.29) is 12.4 Å². The smallest absolute Gasteiger partial charge is 0.119 e. The van der Waals surface area contributed by atoms with Crippen molar-refractivity contribution in [3.8, 4) is 5.75 Å². The van der Waals surface area contributed by atoms with Gasteiger partial charge in [0.15, 0.2) is 0 Å². The van der Waals surface area contributed by atoms with E-state index in [9.17, 15) is 5.11 Å². The second-order valence-electron chi connectivity index (χ2n) is 5.65. The summed E-state index contributed by atoms with van der Waals surface area (Å²) in [4.78, 5) is 4.00. The van der Waals surface area contributed by atoms with Crippen molar-refractivity contribution in [3.05, 3.63) is 48.0 Å². The number of hydrogen-bond donors (Lipinski definition) is 2. The second-order valence-corrected chi connectivity index (χ2v) is 5.65. The van der Waals surface area contributed by atoms with Gasteiger partial charge >= 0.3 is 0 Å². The van der Waals surface area contributed by atoms with Crippen LogP contribution in [0.2, 0.25) is 0 Å². The predicted octanol–water partition coefficient (Wildman–Crippen LogP) is 2.34. The van der Waals surface area contributed by atoms with Gasteiger partial charge in [-0.3, -0.25) is 0 Å². The van der Waals surface area contributed by atoms with Crippen molar-refractivity contribution in [2.45, 2.75) is 32.9 Å². The number of halogens is 1. The molecule has 6 heteroatoms. The van der Waals surface area contributed by atoms with Crippen LogP contribution in [0.3, 0.4) is 0 Å². The van der Waals surface area contributed by atoms with E-state index in [1.54, 1.807) is 6.20 Å². The van der Waals surface area contributed by atoms with Crippen LogP contribution in [0, 0.1) is 13.8 Å². The minimum atomic E-state index is -0.505. The van der Waals surface area contributed by atoms with E-state index >= 15 is 0 Å². The first-order valence-electron chi connectivity index (χ1n) is 7.69. The van der Waals surface area contributed by atoms with E-state index in [0.717, 1.165) is 25.3 Å². The summed E-state index contributed by atoms with van der Waals surface area (Å²) in [7, 11) is 0. The summed E-state index contributed by atoms with van der Waals surface area (Å²) in [6, 6.07) is 6.07. The Labute approximate surface area is 144 Å². The average Bonchev–Trinajstić information content (AvgIpc) is 2.97. The highest BCUT2D eigenvalue weighted by molar-refractivity contribution is 5.85. The van der Waals surface area contributed by atoms with E-state index in [1.807, 2.05) is 43.1 Å². The Balaban J connectivity index is 0.00000264. The maximum atomic E-state index is 9.93. The number of aryl methyl sites for hydroxylation is 3. The van der Waals surface area contributed by atoms with Gasteiger partial charge in [-0.15, -0.1) is 12.4 Å². The van der Waals surface area contributed by atoms with Gasteiger partial charge in [-0.1, -0.05) is 6.07 Å². The lowest BCUT2D eigenvalue weighted by molar-refractivity contribution is 0.106. The highest BCUT2D eigenvalue weighted by Crippen LogP contribution is 2.16. The van der Waals surface area contributed by atoms with Gasteiger partial charge in [0.05, 0.1) is 6.33 Å². The molecule has 1 unspecified atom stereocenters. The summed E-state index contributed by atoms with van der Waals surface area (Å²) in [6.07, 6.45) is 6.04. The number of benzene rings is 1. The van der Waals surface area contributed by atoms with E-state index < -0.39 is 6.10 Å². The lowest BCUT2D eigenvalue weighted by Gasteiger charge is -2.14. The number of nitrogens with one attached hydrogen (secondary N) is 1. The van der Waals surface area contributed by atoms with Crippen LogP contribution in [0.4, 0.5) is 0 Å². The van der Waals surface area contributed by atoms with Gasteiger partial charge in [0.25, 0.3) is 0 Å². The van der Waals surface area contributed by atoms with Crippen molar-refractivity contribution in [3.63, 3.8) is 0 Å². The summed E-state index contributed by atoms with van der Waals surface area (Å²) in [5.74, 6) is 0.816. The molecule has 2 N–H and O–H groups in total. The molecule has 0 bridgehead atoms. The molecule has 5 nitrogen and oxygen atoms in total. The number of hydrogen-bond acceptors (Lipinski definition) is 4. The van der Waals surface area contributed by atoms with Gasteiger partial charge < -0.3 is 19.7 Å². The Kier molecular flexibility index (Phi) is 8.69. The lowest BCUT2D eigenvalue weighted by Crippen LogP contribution is -2.32. The third-order valence-corrected chi connectivity index (χ3v) is 3.35. The maximum absolute atomic E-state index is 9.93. The summed E-state index contributed by atoms with van der Waals surface area (Å²) in [5.41, 5.74) is 2.34. The molecular weight excluding hydrogens is 314 g/mol. The van der Waals surface area contributed by atoms with Crippen molar-refractivity contribution in [2.75, 3.05) is 19.7 Å². The molecular formula is C17H26ClN3O2. The van der Waals surface area contributed by atoms with Crippen LogP contribution in [0.25, 0.3) is 0 Å². The number of rotatable bonds is 9. The Morgan fingerprint density at radius 2 is 2.00 bits per heavy atom. The quantitative estimate of drug-likeness (QED) is 0.688. The molecule has 0 fully saturated rings. The zero-order valence-corrected chi connectivity index (χ0v) is 14.6. The van der Waals surface area contributed by atoms with E-state index in [0.29, 0.717) is 13.2 Å². The van der Waals surface area contributed by atoms with Crippen LogP contribution in [0.15, 0.2) is 36.9 Å². The standard InChI is InChI=1S/C17H25N3O2.ClH/c1-14-8-15(2)10-17(9-14)22-12-16(21)11-18-4-3-6-20-7-5-19-13-20;/h5,7-10,13,16,18,21H,3-4,6,11-12H2,1-2H3;1H. The largest absolute Gasteiger partial charge is 0.491 e. The topological polar surface area (TPSA) is 59.3 Å². The minimum Gasteiger partial charge on any atom is -0.491 e. The molecule has 2 aromatic rings. The summed E-state index contributed by atoms with van der Waals surface area (Å²) in [5, 5.41) is 13.2. The van der Waals surface area contributed by atoms with E-state index in [2.05, 4.69) is 16.4 Å². The van der Waals surface area contributed by atoms with Gasteiger partial charge in [0.2, 0.25) is 0 Å². The lowest BCUT2D eigenvalue weighted by atomic mass is 10.1. The molecule has 1 heterocycles. The summed E-state index contributed by atoms with van der Waals surface area (Å²) in [6.45, 7) is 6.71. The van der Waals surface area contributed by atoms with Gasteiger partial charge in [0, 0.05) is 25.5 Å². The first-order chi connectivity index (χ1) is 10.6. The average molecular weight is 340 g/mol. The highest BCUT2D eigenvalue weighted by atomic mass is 35.5. The van der Waals surface area contributed by atoms with E-state index in [1.165, 1.54) is 11.1 Å². The molecule has 1 aromatic heterocycles.